The van der Waals surface area contributed by atoms with Crippen LogP contribution in [0.2, 0.25) is 0 Å². The molecule has 2 aromatic heterocycles. The summed E-state index contributed by atoms with van der Waals surface area (Å²) in [5.74, 6) is 1.01. The molecule has 8 nitrogen and oxygen atoms in total. The Morgan fingerprint density at radius 1 is 1.25 bits per heavy atom. The van der Waals surface area contributed by atoms with E-state index in [9.17, 15) is 4.79 Å². The maximum atomic E-state index is 12.7. The highest BCUT2D eigenvalue weighted by Crippen LogP contribution is 2.40. The Morgan fingerprint density at radius 2 is 2.04 bits per heavy atom. The third kappa shape index (κ3) is 3.49. The predicted octanol–water partition coefficient (Wildman–Crippen LogP) is 3.20. The molecule has 2 aliphatic rings. The molecule has 1 amide bonds. The van der Waals surface area contributed by atoms with E-state index in [-0.39, 0.29) is 18.3 Å². The molecule has 0 bridgehead atoms. The van der Waals surface area contributed by atoms with Gasteiger partial charge in [0.15, 0.2) is 17.2 Å². The molecule has 1 saturated heterocycles. The first-order valence-corrected chi connectivity index (χ1v) is 9.53. The van der Waals surface area contributed by atoms with Crippen LogP contribution >= 0.6 is 12.4 Å². The summed E-state index contributed by atoms with van der Waals surface area (Å²) in [6, 6.07) is 5.83. The molecule has 0 atom stereocenters. The Bertz CT molecular complexity index is 1000. The Labute approximate surface area is 168 Å². The van der Waals surface area contributed by atoms with Gasteiger partial charge in [0.25, 0.3) is 5.91 Å². The summed E-state index contributed by atoms with van der Waals surface area (Å²) in [7, 11) is 0. The second-order valence-corrected chi connectivity index (χ2v) is 7.41. The molecule has 3 aromatic rings. The monoisotopic (exact) mass is 402 g/mol. The summed E-state index contributed by atoms with van der Waals surface area (Å²) in [6.07, 6.45) is 4.28. The standard InChI is InChI=1S/C19H22N6O2.ClH/c1-11-17(23-24-25(11)14-6-8-20-9-7-14)18(26)21-13-4-5-15-16(10-13)27-19(22-15)12-2-3-12;/h4-5,10,12,14,20H,2-3,6-9H2,1H3,(H,21,26);1H. The van der Waals surface area contributed by atoms with E-state index in [1.54, 1.807) is 0 Å². The average Bonchev–Trinajstić information content (AvgIpc) is 3.33. The number of hydrogen-bond donors (Lipinski definition) is 2. The highest BCUT2D eigenvalue weighted by molar-refractivity contribution is 6.04. The molecule has 1 aliphatic carbocycles. The number of piperidine rings is 1. The van der Waals surface area contributed by atoms with E-state index in [2.05, 4.69) is 25.9 Å². The Morgan fingerprint density at radius 3 is 2.79 bits per heavy atom. The smallest absolute Gasteiger partial charge is 0.278 e. The minimum atomic E-state index is -0.256. The van der Waals surface area contributed by atoms with Crippen molar-refractivity contribution in [1.29, 1.82) is 0 Å². The Balaban J connectivity index is 0.00000192. The van der Waals surface area contributed by atoms with Gasteiger partial charge in [-0.15, -0.1) is 17.5 Å². The van der Waals surface area contributed by atoms with E-state index in [4.69, 9.17) is 4.42 Å². The van der Waals surface area contributed by atoms with Crippen molar-refractivity contribution in [2.24, 2.45) is 0 Å². The van der Waals surface area contributed by atoms with Gasteiger partial charge in [0.2, 0.25) is 0 Å². The molecule has 0 unspecified atom stereocenters. The summed E-state index contributed by atoms with van der Waals surface area (Å²) < 4.78 is 7.71. The third-order valence-corrected chi connectivity index (χ3v) is 5.39. The summed E-state index contributed by atoms with van der Waals surface area (Å²) in [6.45, 7) is 3.83. The van der Waals surface area contributed by atoms with Crippen LogP contribution in [0, 0.1) is 6.92 Å². The molecule has 1 aliphatic heterocycles. The molecule has 1 saturated carbocycles. The fraction of sp³-hybridized carbons (Fsp3) is 0.474. The minimum Gasteiger partial charge on any atom is -0.440 e. The SMILES string of the molecule is Cc1c(C(=O)Nc2ccc3nc(C4CC4)oc3c2)nnn1C1CCNCC1.Cl. The van der Waals surface area contributed by atoms with Gasteiger partial charge in [-0.1, -0.05) is 5.21 Å². The number of carbonyl (C=O) groups excluding carboxylic acids is 1. The van der Waals surface area contributed by atoms with Gasteiger partial charge in [0.1, 0.15) is 5.52 Å². The maximum absolute atomic E-state index is 12.7. The van der Waals surface area contributed by atoms with Gasteiger partial charge in [-0.25, -0.2) is 9.67 Å². The lowest BCUT2D eigenvalue weighted by Gasteiger charge is -2.23. The van der Waals surface area contributed by atoms with E-state index in [1.807, 2.05) is 29.8 Å². The molecule has 148 valence electrons. The van der Waals surface area contributed by atoms with Gasteiger partial charge in [0.05, 0.1) is 11.7 Å². The zero-order valence-electron chi connectivity index (χ0n) is 15.6. The number of aromatic nitrogens is 4. The molecule has 3 heterocycles. The van der Waals surface area contributed by atoms with Gasteiger partial charge < -0.3 is 15.1 Å². The van der Waals surface area contributed by atoms with Gasteiger partial charge in [-0.05, 0) is 57.8 Å². The number of benzene rings is 1. The highest BCUT2D eigenvalue weighted by atomic mass is 35.5. The number of rotatable bonds is 4. The highest BCUT2D eigenvalue weighted by Gasteiger charge is 2.29. The Hall–Kier alpha value is -2.45. The van der Waals surface area contributed by atoms with Crippen LogP contribution in [0.3, 0.4) is 0 Å². The van der Waals surface area contributed by atoms with E-state index in [1.165, 1.54) is 0 Å². The van der Waals surface area contributed by atoms with Crippen molar-refractivity contribution in [3.05, 3.63) is 35.5 Å². The minimum absolute atomic E-state index is 0. The summed E-state index contributed by atoms with van der Waals surface area (Å²) >= 11 is 0. The second-order valence-electron chi connectivity index (χ2n) is 7.41. The molecular formula is C19H23ClN6O2. The molecular weight excluding hydrogens is 380 g/mol. The third-order valence-electron chi connectivity index (χ3n) is 5.39. The van der Waals surface area contributed by atoms with Crippen molar-refractivity contribution in [1.82, 2.24) is 25.3 Å². The van der Waals surface area contributed by atoms with Crippen LogP contribution in [0.5, 0.6) is 0 Å². The molecule has 2 N–H and O–H groups in total. The van der Waals surface area contributed by atoms with Crippen molar-refractivity contribution in [2.45, 2.75) is 44.6 Å². The lowest BCUT2D eigenvalue weighted by atomic mass is 10.1. The van der Waals surface area contributed by atoms with E-state index < -0.39 is 0 Å². The van der Waals surface area contributed by atoms with Crippen LogP contribution in [0.1, 0.15) is 59.7 Å². The zero-order chi connectivity index (χ0) is 18.4. The molecule has 0 spiro atoms. The number of nitrogens with zero attached hydrogens (tertiary/aromatic N) is 4. The molecule has 9 heteroatoms. The average molecular weight is 403 g/mol. The quantitative estimate of drug-likeness (QED) is 0.695. The number of fused-ring (bicyclic) bond motifs is 1. The van der Waals surface area contributed by atoms with Crippen LogP contribution in [0.15, 0.2) is 22.6 Å². The summed E-state index contributed by atoms with van der Waals surface area (Å²) in [4.78, 5) is 17.2. The molecule has 1 aromatic carbocycles. The fourth-order valence-electron chi connectivity index (χ4n) is 3.66. The number of halogens is 1. The van der Waals surface area contributed by atoms with Crippen LogP contribution in [-0.2, 0) is 0 Å². The largest absolute Gasteiger partial charge is 0.440 e. The van der Waals surface area contributed by atoms with E-state index in [0.29, 0.717) is 28.9 Å². The zero-order valence-corrected chi connectivity index (χ0v) is 16.5. The normalized spacial score (nSPS) is 17.5. The second kappa shape index (κ2) is 7.52. The van der Waals surface area contributed by atoms with Crippen molar-refractivity contribution in [3.63, 3.8) is 0 Å². The van der Waals surface area contributed by atoms with Crippen molar-refractivity contribution in [3.8, 4) is 0 Å². The number of carbonyl (C=O) groups is 1. The molecule has 2 fully saturated rings. The van der Waals surface area contributed by atoms with Crippen LogP contribution < -0.4 is 10.6 Å². The van der Waals surface area contributed by atoms with Gasteiger partial charge in [0, 0.05) is 17.7 Å². The van der Waals surface area contributed by atoms with Crippen LogP contribution in [-0.4, -0.2) is 39.0 Å². The Kier molecular flexibility index (Phi) is 5.07. The van der Waals surface area contributed by atoms with Crippen LogP contribution in [0.4, 0.5) is 5.69 Å². The molecule has 5 rings (SSSR count). The maximum Gasteiger partial charge on any atom is 0.278 e. The first-order chi connectivity index (χ1) is 13.2. The number of nitrogens with one attached hydrogen (secondary N) is 2. The number of amides is 1. The fourth-order valence-corrected chi connectivity index (χ4v) is 3.66. The number of hydrogen-bond acceptors (Lipinski definition) is 6. The number of anilines is 1. The lowest BCUT2D eigenvalue weighted by Crippen LogP contribution is -2.30. The van der Waals surface area contributed by atoms with Gasteiger partial charge in [-0.3, -0.25) is 4.79 Å². The lowest BCUT2D eigenvalue weighted by molar-refractivity contribution is 0.102. The van der Waals surface area contributed by atoms with Crippen molar-refractivity contribution < 1.29 is 9.21 Å². The summed E-state index contributed by atoms with van der Waals surface area (Å²) in [5, 5.41) is 14.6. The van der Waals surface area contributed by atoms with Crippen molar-refractivity contribution in [2.75, 3.05) is 18.4 Å². The van der Waals surface area contributed by atoms with Gasteiger partial charge >= 0.3 is 0 Å². The summed E-state index contributed by atoms with van der Waals surface area (Å²) in [5.41, 5.74) is 3.36. The van der Waals surface area contributed by atoms with Crippen molar-refractivity contribution >= 4 is 35.1 Å². The number of oxazole rings is 1. The van der Waals surface area contributed by atoms with E-state index in [0.717, 1.165) is 55.9 Å². The van der Waals surface area contributed by atoms with Crippen LogP contribution in [0.25, 0.3) is 11.1 Å². The predicted molar refractivity (Wildman–Crippen MR) is 107 cm³/mol. The molecule has 0 radical (unpaired) electrons. The first-order valence-electron chi connectivity index (χ1n) is 9.53. The first kappa shape index (κ1) is 18.9. The van der Waals surface area contributed by atoms with E-state index >= 15 is 0 Å². The molecule has 28 heavy (non-hydrogen) atoms. The van der Waals surface area contributed by atoms with Gasteiger partial charge in [-0.2, -0.15) is 0 Å². The topological polar surface area (TPSA) is 97.9 Å².